The Kier molecular flexibility index (Phi) is 10.1. The Balaban J connectivity index is 1.92. The molecule has 1 aliphatic heterocycles. The molecule has 2 atom stereocenters. The molecule has 0 unspecified atom stereocenters. The van der Waals surface area contributed by atoms with Crippen molar-refractivity contribution >= 4 is 40.0 Å². The average Bonchev–Trinajstić information content (AvgIpc) is 2.92. The third-order valence-electron chi connectivity index (χ3n) is 4.92. The molecule has 1 aromatic rings. The van der Waals surface area contributed by atoms with Gasteiger partial charge in [0.15, 0.2) is 5.96 Å². The summed E-state index contributed by atoms with van der Waals surface area (Å²) >= 11 is 0. The molecule has 0 bridgehead atoms. The van der Waals surface area contributed by atoms with Crippen molar-refractivity contribution in [2.45, 2.75) is 44.2 Å². The van der Waals surface area contributed by atoms with Crippen molar-refractivity contribution in [1.82, 2.24) is 14.9 Å². The number of anilines is 1. The van der Waals surface area contributed by atoms with E-state index in [0.717, 1.165) is 0 Å². The normalized spacial score (nSPS) is 17.5. The van der Waals surface area contributed by atoms with Crippen molar-refractivity contribution in [1.29, 1.82) is 0 Å². The number of aldehydes is 1. The molecule has 13 heteroatoms. The number of carbonyl (C=O) groups excluding carboxylic acids is 3. The minimum absolute atomic E-state index is 0.0505. The summed E-state index contributed by atoms with van der Waals surface area (Å²) < 4.78 is 29.7. The summed E-state index contributed by atoms with van der Waals surface area (Å²) in [6.07, 6.45) is 3.00. The highest BCUT2D eigenvalue weighted by Gasteiger charge is 2.31. The second-order valence-corrected chi connectivity index (χ2v) is 9.10. The van der Waals surface area contributed by atoms with Gasteiger partial charge in [-0.2, -0.15) is 13.1 Å². The Morgan fingerprint density at radius 3 is 2.64 bits per heavy atom. The highest BCUT2D eigenvalue weighted by molar-refractivity contribution is 7.90. The van der Waals surface area contributed by atoms with Gasteiger partial charge in [-0.15, -0.1) is 0 Å². The summed E-state index contributed by atoms with van der Waals surface area (Å²) in [4.78, 5) is 41.8. The number of hydrogen-bond acceptors (Lipinski definition) is 6. The topological polar surface area (TPSA) is 189 Å². The van der Waals surface area contributed by atoms with Crippen molar-refractivity contribution < 1.29 is 22.8 Å². The Morgan fingerprint density at radius 1 is 1.24 bits per heavy atom. The van der Waals surface area contributed by atoms with Crippen LogP contribution in [0.4, 0.5) is 5.69 Å². The number of nitrogens with one attached hydrogen (secondary N) is 3. The lowest BCUT2D eigenvalue weighted by atomic mass is 10.1. The number of benzene rings is 1. The number of amides is 2. The van der Waals surface area contributed by atoms with E-state index in [1.165, 1.54) is 4.90 Å². The molecule has 0 aromatic heterocycles. The van der Waals surface area contributed by atoms with Crippen LogP contribution in [0.2, 0.25) is 0 Å². The lowest BCUT2D eigenvalue weighted by Gasteiger charge is -2.25. The van der Waals surface area contributed by atoms with Gasteiger partial charge in [0.2, 0.25) is 11.8 Å². The van der Waals surface area contributed by atoms with Crippen LogP contribution in [-0.2, 0) is 24.6 Å². The minimum Gasteiger partial charge on any atom is -0.370 e. The van der Waals surface area contributed by atoms with E-state index < -0.39 is 34.1 Å². The average molecular weight is 482 g/mol. The Bertz CT molecular complexity index is 935. The molecular weight excluding hydrogens is 450 g/mol. The van der Waals surface area contributed by atoms with Crippen molar-refractivity contribution in [2.24, 2.45) is 16.5 Å². The number of para-hydroxylation sites is 1. The number of likely N-dealkylation sites (tertiary alicyclic amines) is 1. The number of nitrogens with zero attached hydrogens (tertiary/aromatic N) is 2. The van der Waals surface area contributed by atoms with Crippen LogP contribution in [0.15, 0.2) is 35.3 Å². The van der Waals surface area contributed by atoms with Gasteiger partial charge in [0.1, 0.15) is 12.3 Å². The van der Waals surface area contributed by atoms with Crippen LogP contribution in [0, 0.1) is 0 Å². The maximum atomic E-state index is 12.9. The fraction of sp³-hybridized carbons (Fsp3) is 0.500. The van der Waals surface area contributed by atoms with E-state index in [1.54, 1.807) is 30.3 Å². The number of guanidine groups is 1. The number of nitrogens with two attached hydrogens (primary N) is 2. The van der Waals surface area contributed by atoms with Crippen molar-refractivity contribution in [3.8, 4) is 0 Å². The fourth-order valence-corrected chi connectivity index (χ4v) is 4.47. The van der Waals surface area contributed by atoms with Gasteiger partial charge in [0.25, 0.3) is 10.2 Å². The Hall–Kier alpha value is -3.19. The third kappa shape index (κ3) is 9.45. The van der Waals surface area contributed by atoms with E-state index >= 15 is 0 Å². The smallest absolute Gasteiger partial charge is 0.299 e. The molecular formula is C20H31N7O5S. The maximum absolute atomic E-state index is 12.9. The van der Waals surface area contributed by atoms with Crippen LogP contribution in [0.25, 0.3) is 0 Å². The molecule has 0 aliphatic carbocycles. The first-order chi connectivity index (χ1) is 15.7. The first-order valence-electron chi connectivity index (χ1n) is 10.6. The van der Waals surface area contributed by atoms with Gasteiger partial charge < -0.3 is 26.5 Å². The van der Waals surface area contributed by atoms with Gasteiger partial charge in [-0.1, -0.05) is 18.2 Å². The number of carbonyl (C=O) groups is 3. The van der Waals surface area contributed by atoms with Gasteiger partial charge >= 0.3 is 0 Å². The number of hydrogen-bond donors (Lipinski definition) is 5. The largest absolute Gasteiger partial charge is 0.370 e. The lowest BCUT2D eigenvalue weighted by Crippen LogP contribution is -2.51. The second-order valence-electron chi connectivity index (χ2n) is 7.66. The second kappa shape index (κ2) is 12.7. The zero-order valence-electron chi connectivity index (χ0n) is 18.3. The van der Waals surface area contributed by atoms with E-state index in [0.29, 0.717) is 57.2 Å². The zero-order chi connectivity index (χ0) is 24.3. The predicted molar refractivity (Wildman–Crippen MR) is 124 cm³/mol. The Morgan fingerprint density at radius 2 is 1.97 bits per heavy atom. The molecule has 0 radical (unpaired) electrons. The monoisotopic (exact) mass is 481 g/mol. The molecule has 2 rings (SSSR count). The fourth-order valence-electron chi connectivity index (χ4n) is 3.37. The lowest BCUT2D eigenvalue weighted by molar-refractivity contribution is -0.137. The maximum Gasteiger partial charge on any atom is 0.299 e. The van der Waals surface area contributed by atoms with Crippen LogP contribution in [0.1, 0.15) is 32.1 Å². The summed E-state index contributed by atoms with van der Waals surface area (Å²) in [5.41, 5.74) is 10.9. The highest BCUT2D eigenvalue weighted by Crippen LogP contribution is 2.14. The van der Waals surface area contributed by atoms with Gasteiger partial charge in [-0.3, -0.25) is 19.3 Å². The molecule has 0 spiro atoms. The first-order valence-corrected chi connectivity index (χ1v) is 12.1. The van der Waals surface area contributed by atoms with Crippen LogP contribution in [0.5, 0.6) is 0 Å². The Labute approximate surface area is 193 Å². The molecule has 2 amide bonds. The molecule has 1 aliphatic rings. The van der Waals surface area contributed by atoms with Crippen LogP contribution in [-0.4, -0.2) is 69.1 Å². The van der Waals surface area contributed by atoms with Crippen LogP contribution in [0.3, 0.4) is 0 Å². The van der Waals surface area contributed by atoms with Gasteiger partial charge in [-0.05, 0) is 44.2 Å². The quantitative estimate of drug-likeness (QED) is 0.110. The molecule has 7 N–H and O–H groups in total. The molecule has 0 saturated carbocycles. The molecule has 1 fully saturated rings. The van der Waals surface area contributed by atoms with Crippen LogP contribution < -0.4 is 26.2 Å². The zero-order valence-corrected chi connectivity index (χ0v) is 19.1. The minimum atomic E-state index is -4.00. The number of rotatable bonds is 12. The summed E-state index contributed by atoms with van der Waals surface area (Å²) in [7, 11) is -4.00. The van der Waals surface area contributed by atoms with Crippen LogP contribution >= 0.6 is 0 Å². The molecule has 182 valence electrons. The van der Waals surface area contributed by atoms with Gasteiger partial charge in [0, 0.05) is 18.8 Å². The van der Waals surface area contributed by atoms with Crippen molar-refractivity contribution in [2.75, 3.05) is 24.4 Å². The molecule has 1 saturated heterocycles. The summed E-state index contributed by atoms with van der Waals surface area (Å²) in [6.45, 7) is 0.361. The van der Waals surface area contributed by atoms with E-state index in [-0.39, 0.29) is 12.5 Å². The summed E-state index contributed by atoms with van der Waals surface area (Å²) in [5.74, 6) is -1.05. The van der Waals surface area contributed by atoms with E-state index in [1.807, 2.05) is 0 Å². The molecule has 12 nitrogen and oxygen atoms in total. The molecule has 1 heterocycles. The van der Waals surface area contributed by atoms with Crippen molar-refractivity contribution in [3.05, 3.63) is 30.3 Å². The van der Waals surface area contributed by atoms with E-state index in [9.17, 15) is 22.8 Å². The molecule has 1 aromatic carbocycles. The SMILES string of the molecule is NC(N)=NCCC[C@@H](C=O)NC(=O)CN1CCCC[C@H](NS(=O)(=O)Nc2ccccc2)C1=O. The standard InChI is InChI=1S/C20H31N7O5S/c21-20(22)23-11-6-9-16(14-28)24-18(29)13-27-12-5-4-10-17(19(27)30)26-33(31,32)25-15-7-2-1-3-8-15/h1-3,7-8,14,16-17,25-26H,4-6,9-13H2,(H,24,29)(H4,21,22,23)/t16-,17-/m0/s1. The van der Waals surface area contributed by atoms with Crippen molar-refractivity contribution in [3.63, 3.8) is 0 Å². The molecule has 33 heavy (non-hydrogen) atoms. The predicted octanol–water partition coefficient (Wildman–Crippen LogP) is -0.949. The summed E-state index contributed by atoms with van der Waals surface area (Å²) in [5, 5.41) is 2.58. The first kappa shape index (κ1) is 26.1. The van der Waals surface area contributed by atoms with Gasteiger partial charge in [0.05, 0.1) is 12.6 Å². The number of aliphatic imine (C=N–C) groups is 1. The van der Waals surface area contributed by atoms with E-state index in [2.05, 4.69) is 19.8 Å². The van der Waals surface area contributed by atoms with E-state index in [4.69, 9.17) is 11.5 Å². The summed E-state index contributed by atoms with van der Waals surface area (Å²) in [6, 6.07) is 6.56. The van der Waals surface area contributed by atoms with Gasteiger partial charge in [-0.25, -0.2) is 0 Å². The highest BCUT2D eigenvalue weighted by atomic mass is 32.2. The third-order valence-corrected chi connectivity index (χ3v) is 6.02.